The van der Waals surface area contributed by atoms with Crippen LogP contribution in [-0.2, 0) is 19.0 Å². The van der Waals surface area contributed by atoms with Crippen molar-refractivity contribution in [2.75, 3.05) is 19.8 Å². The van der Waals surface area contributed by atoms with Gasteiger partial charge < -0.3 is 14.2 Å². The summed E-state index contributed by atoms with van der Waals surface area (Å²) in [7, 11) is 0. The molecule has 0 aromatic carbocycles. The van der Waals surface area contributed by atoms with Crippen molar-refractivity contribution < 1.29 is 19.0 Å². The Kier molecular flexibility index (Phi) is 11.1. The molecule has 0 saturated heterocycles. The SMILES string of the molecule is [CH2]C(OCCOCC)OC(=O)C(CC)CCCC. The molecule has 0 N–H and O–H groups in total. The van der Waals surface area contributed by atoms with Crippen molar-refractivity contribution in [3.8, 4) is 0 Å². The lowest BCUT2D eigenvalue weighted by Crippen LogP contribution is -2.25. The Morgan fingerprint density at radius 3 is 2.50 bits per heavy atom. The Morgan fingerprint density at radius 1 is 1.22 bits per heavy atom. The van der Waals surface area contributed by atoms with Gasteiger partial charge in [-0.1, -0.05) is 26.7 Å². The summed E-state index contributed by atoms with van der Waals surface area (Å²) in [6.45, 7) is 11.2. The van der Waals surface area contributed by atoms with Gasteiger partial charge in [-0.25, -0.2) is 0 Å². The van der Waals surface area contributed by atoms with Crippen LogP contribution in [-0.4, -0.2) is 32.1 Å². The van der Waals surface area contributed by atoms with Gasteiger partial charge in [-0.2, -0.15) is 0 Å². The minimum absolute atomic E-state index is 0.0373. The van der Waals surface area contributed by atoms with E-state index in [-0.39, 0.29) is 11.9 Å². The predicted molar refractivity (Wildman–Crippen MR) is 71.0 cm³/mol. The van der Waals surface area contributed by atoms with Crippen LogP contribution in [0.15, 0.2) is 0 Å². The van der Waals surface area contributed by atoms with Crippen molar-refractivity contribution in [2.45, 2.75) is 52.7 Å². The molecule has 0 aliphatic heterocycles. The predicted octanol–water partition coefficient (Wildman–Crippen LogP) is 2.96. The molecule has 0 aliphatic carbocycles. The molecule has 0 amide bonds. The maximum Gasteiger partial charge on any atom is 0.311 e. The second-order valence-electron chi connectivity index (χ2n) is 4.18. The van der Waals surface area contributed by atoms with E-state index in [1.807, 2.05) is 13.8 Å². The minimum Gasteiger partial charge on any atom is -0.436 e. The molecule has 4 heteroatoms. The number of ether oxygens (including phenoxy) is 3. The van der Waals surface area contributed by atoms with Crippen molar-refractivity contribution in [1.82, 2.24) is 0 Å². The number of hydrogen-bond acceptors (Lipinski definition) is 4. The highest BCUT2D eigenvalue weighted by atomic mass is 16.7. The molecule has 0 spiro atoms. The fraction of sp³-hybridized carbons (Fsp3) is 0.857. The van der Waals surface area contributed by atoms with Gasteiger partial charge in [0.1, 0.15) is 0 Å². The molecule has 18 heavy (non-hydrogen) atoms. The van der Waals surface area contributed by atoms with E-state index in [1.165, 1.54) is 0 Å². The van der Waals surface area contributed by atoms with Crippen LogP contribution in [0.1, 0.15) is 46.5 Å². The van der Waals surface area contributed by atoms with E-state index in [4.69, 9.17) is 14.2 Å². The van der Waals surface area contributed by atoms with E-state index in [0.29, 0.717) is 19.8 Å². The summed E-state index contributed by atoms with van der Waals surface area (Å²) in [4.78, 5) is 11.8. The average molecular weight is 259 g/mol. The number of carbonyl (C=O) groups excluding carboxylic acids is 1. The number of unbranched alkanes of at least 4 members (excludes halogenated alkanes) is 1. The molecular weight excluding hydrogens is 232 g/mol. The smallest absolute Gasteiger partial charge is 0.311 e. The van der Waals surface area contributed by atoms with Crippen molar-refractivity contribution in [3.05, 3.63) is 6.92 Å². The first-order chi connectivity index (χ1) is 8.65. The van der Waals surface area contributed by atoms with Crippen LogP contribution in [0, 0.1) is 12.8 Å². The van der Waals surface area contributed by atoms with Crippen LogP contribution in [0.25, 0.3) is 0 Å². The lowest BCUT2D eigenvalue weighted by atomic mass is 10.00. The molecule has 0 heterocycles. The summed E-state index contributed by atoms with van der Waals surface area (Å²) in [5.74, 6) is -0.243. The summed E-state index contributed by atoms with van der Waals surface area (Å²) in [5.41, 5.74) is 0. The van der Waals surface area contributed by atoms with Gasteiger partial charge in [-0.15, -0.1) is 0 Å². The molecule has 4 nitrogen and oxygen atoms in total. The maximum absolute atomic E-state index is 11.8. The normalized spacial score (nSPS) is 14.2. The van der Waals surface area contributed by atoms with Crippen LogP contribution < -0.4 is 0 Å². The number of esters is 1. The zero-order valence-corrected chi connectivity index (χ0v) is 11.9. The first kappa shape index (κ1) is 17.4. The quantitative estimate of drug-likeness (QED) is 0.325. The highest BCUT2D eigenvalue weighted by Crippen LogP contribution is 2.15. The molecule has 0 aromatic rings. The molecule has 0 saturated carbocycles. The van der Waals surface area contributed by atoms with E-state index >= 15 is 0 Å². The van der Waals surface area contributed by atoms with Crippen LogP contribution in [0.4, 0.5) is 0 Å². The fourth-order valence-corrected chi connectivity index (χ4v) is 1.58. The standard InChI is InChI=1S/C14H27O4/c1-5-8-9-13(6-2)14(15)18-12(4)17-11-10-16-7-3/h12-13H,4-11H2,1-3H3. The molecule has 0 aromatic heterocycles. The van der Waals surface area contributed by atoms with Gasteiger partial charge in [0.15, 0.2) is 0 Å². The number of hydrogen-bond donors (Lipinski definition) is 0. The Hall–Kier alpha value is -0.610. The van der Waals surface area contributed by atoms with Crippen molar-refractivity contribution in [3.63, 3.8) is 0 Å². The summed E-state index contributed by atoms with van der Waals surface area (Å²) >= 11 is 0. The van der Waals surface area contributed by atoms with Gasteiger partial charge in [-0.3, -0.25) is 4.79 Å². The minimum atomic E-state index is -0.742. The zero-order chi connectivity index (χ0) is 13.8. The van der Waals surface area contributed by atoms with Crippen molar-refractivity contribution in [1.29, 1.82) is 0 Å². The molecule has 0 bridgehead atoms. The maximum atomic E-state index is 11.8. The van der Waals surface area contributed by atoms with Crippen LogP contribution in [0.5, 0.6) is 0 Å². The number of carbonyl (C=O) groups is 1. The van der Waals surface area contributed by atoms with E-state index in [0.717, 1.165) is 25.7 Å². The summed E-state index contributed by atoms with van der Waals surface area (Å²) in [6, 6.07) is 0. The highest BCUT2D eigenvalue weighted by molar-refractivity contribution is 5.72. The summed E-state index contributed by atoms with van der Waals surface area (Å²) in [5, 5.41) is 0. The molecule has 2 unspecified atom stereocenters. The molecular formula is C14H27O4. The summed E-state index contributed by atoms with van der Waals surface area (Å²) < 4.78 is 15.5. The van der Waals surface area contributed by atoms with E-state index in [2.05, 4.69) is 13.8 Å². The largest absolute Gasteiger partial charge is 0.436 e. The van der Waals surface area contributed by atoms with Crippen LogP contribution in [0.3, 0.4) is 0 Å². The zero-order valence-electron chi connectivity index (χ0n) is 11.9. The molecule has 2 atom stereocenters. The Labute approximate surface area is 111 Å². The molecule has 0 aliphatic rings. The van der Waals surface area contributed by atoms with Crippen molar-refractivity contribution >= 4 is 5.97 Å². The van der Waals surface area contributed by atoms with E-state index in [1.54, 1.807) is 0 Å². The van der Waals surface area contributed by atoms with E-state index in [9.17, 15) is 4.79 Å². The van der Waals surface area contributed by atoms with Gasteiger partial charge in [0.25, 0.3) is 0 Å². The third-order valence-corrected chi connectivity index (χ3v) is 2.72. The summed E-state index contributed by atoms with van der Waals surface area (Å²) in [6.07, 6.45) is 3.05. The first-order valence-electron chi connectivity index (χ1n) is 6.88. The average Bonchev–Trinajstić information content (AvgIpc) is 2.35. The lowest BCUT2D eigenvalue weighted by molar-refractivity contribution is -0.176. The van der Waals surface area contributed by atoms with Crippen molar-refractivity contribution in [2.24, 2.45) is 5.92 Å². The first-order valence-corrected chi connectivity index (χ1v) is 6.88. The lowest BCUT2D eigenvalue weighted by Gasteiger charge is -2.18. The van der Waals surface area contributed by atoms with Gasteiger partial charge in [0.2, 0.25) is 6.29 Å². The fourth-order valence-electron chi connectivity index (χ4n) is 1.58. The van der Waals surface area contributed by atoms with Gasteiger partial charge in [0.05, 0.1) is 19.1 Å². The Morgan fingerprint density at radius 2 is 1.94 bits per heavy atom. The Balaban J connectivity index is 3.81. The molecule has 0 fully saturated rings. The van der Waals surface area contributed by atoms with Gasteiger partial charge >= 0.3 is 5.97 Å². The Bertz CT molecular complexity index is 206. The molecule has 0 rings (SSSR count). The molecule has 107 valence electrons. The highest BCUT2D eigenvalue weighted by Gasteiger charge is 2.19. The monoisotopic (exact) mass is 259 g/mol. The number of rotatable bonds is 11. The van der Waals surface area contributed by atoms with Gasteiger partial charge in [0, 0.05) is 13.5 Å². The second-order valence-corrected chi connectivity index (χ2v) is 4.18. The van der Waals surface area contributed by atoms with Gasteiger partial charge in [-0.05, 0) is 19.8 Å². The third-order valence-electron chi connectivity index (χ3n) is 2.72. The van der Waals surface area contributed by atoms with E-state index < -0.39 is 6.29 Å². The topological polar surface area (TPSA) is 44.8 Å². The van der Waals surface area contributed by atoms with Crippen LogP contribution in [0.2, 0.25) is 0 Å². The third kappa shape index (κ3) is 8.48. The van der Waals surface area contributed by atoms with Crippen LogP contribution >= 0.6 is 0 Å². The second kappa shape index (κ2) is 11.5. The molecule has 1 radical (unpaired) electrons.